The highest BCUT2D eigenvalue weighted by molar-refractivity contribution is 5.74. The van der Waals surface area contributed by atoms with Gasteiger partial charge in [0.15, 0.2) is 0 Å². The van der Waals surface area contributed by atoms with Crippen molar-refractivity contribution in [2.75, 3.05) is 26.7 Å². The highest BCUT2D eigenvalue weighted by Crippen LogP contribution is 2.27. The normalized spacial score (nSPS) is 19.4. The molecule has 8 heteroatoms. The lowest BCUT2D eigenvalue weighted by Gasteiger charge is -2.33. The summed E-state index contributed by atoms with van der Waals surface area (Å²) in [6.45, 7) is 7.00. The number of ether oxygens (including phenoxy) is 1. The quantitative estimate of drug-likeness (QED) is 0.807. The highest BCUT2D eigenvalue weighted by atomic mass is 19.4. The Morgan fingerprint density at radius 1 is 1.41 bits per heavy atom. The molecule has 0 unspecified atom stereocenters. The highest BCUT2D eigenvalue weighted by Gasteiger charge is 2.32. The maximum absolute atomic E-state index is 12.5. The Labute approximate surface area is 158 Å². The molecule has 1 fully saturated rings. The van der Waals surface area contributed by atoms with E-state index < -0.39 is 6.36 Å². The molecule has 27 heavy (non-hydrogen) atoms. The number of amides is 2. The number of hydrogen-bond acceptors (Lipinski definition) is 3. The molecule has 0 radical (unpaired) electrons. The molecule has 1 aliphatic heterocycles. The Morgan fingerprint density at radius 2 is 2.11 bits per heavy atom. The van der Waals surface area contributed by atoms with Crippen LogP contribution in [0, 0.1) is 5.92 Å². The van der Waals surface area contributed by atoms with Crippen molar-refractivity contribution in [1.82, 2.24) is 15.1 Å². The van der Waals surface area contributed by atoms with Gasteiger partial charge in [0.25, 0.3) is 0 Å². The van der Waals surface area contributed by atoms with Crippen molar-refractivity contribution >= 4 is 6.03 Å². The van der Waals surface area contributed by atoms with E-state index in [1.165, 1.54) is 29.5 Å². The molecular weight excluding hydrogens is 359 g/mol. The predicted octanol–water partition coefficient (Wildman–Crippen LogP) is 3.85. The number of carbonyl (C=O) groups excluding carboxylic acids is 1. The summed E-state index contributed by atoms with van der Waals surface area (Å²) in [5, 5.41) is 2.91. The lowest BCUT2D eigenvalue weighted by atomic mass is 10.00. The summed E-state index contributed by atoms with van der Waals surface area (Å²) in [7, 11) is 1.55. The molecule has 1 N–H and O–H groups in total. The van der Waals surface area contributed by atoms with Crippen LogP contribution < -0.4 is 10.1 Å². The molecule has 152 valence electrons. The molecule has 0 aliphatic carbocycles. The van der Waals surface area contributed by atoms with E-state index in [9.17, 15) is 18.0 Å². The summed E-state index contributed by atoms with van der Waals surface area (Å²) in [6.07, 6.45) is -2.37. The van der Waals surface area contributed by atoms with Gasteiger partial charge in [-0.2, -0.15) is 0 Å². The van der Waals surface area contributed by atoms with Crippen molar-refractivity contribution in [3.05, 3.63) is 29.8 Å². The number of likely N-dealkylation sites (tertiary alicyclic amines) is 1. The SMILES string of the molecule is C[C@@H]1CCCN(C[C@H](C)NC(=O)N(C)Cc2ccccc2OC(F)(F)F)C1. The average molecular weight is 387 g/mol. The Hall–Kier alpha value is -1.96. The molecular formula is C19H28F3N3O2. The lowest BCUT2D eigenvalue weighted by molar-refractivity contribution is -0.275. The fourth-order valence-electron chi connectivity index (χ4n) is 3.39. The molecule has 1 aliphatic rings. The predicted molar refractivity (Wildman–Crippen MR) is 97.4 cm³/mol. The van der Waals surface area contributed by atoms with Crippen molar-refractivity contribution < 1.29 is 22.7 Å². The summed E-state index contributed by atoms with van der Waals surface area (Å²) >= 11 is 0. The number of nitrogens with zero attached hydrogens (tertiary/aromatic N) is 2. The first kappa shape index (κ1) is 21.3. The molecule has 2 amide bonds. The fourth-order valence-corrected chi connectivity index (χ4v) is 3.39. The zero-order valence-electron chi connectivity index (χ0n) is 16.1. The van der Waals surface area contributed by atoms with Gasteiger partial charge in [0.2, 0.25) is 0 Å². The summed E-state index contributed by atoms with van der Waals surface area (Å²) in [5.74, 6) is 0.370. The van der Waals surface area contributed by atoms with Crippen molar-refractivity contribution in [2.45, 2.75) is 45.6 Å². The minimum atomic E-state index is -4.77. The molecule has 5 nitrogen and oxygen atoms in total. The topological polar surface area (TPSA) is 44.8 Å². The third kappa shape index (κ3) is 7.28. The van der Waals surface area contributed by atoms with Gasteiger partial charge < -0.3 is 19.9 Å². The van der Waals surface area contributed by atoms with E-state index in [1.54, 1.807) is 13.1 Å². The van der Waals surface area contributed by atoms with E-state index in [-0.39, 0.29) is 24.4 Å². The molecule has 2 rings (SSSR count). The number of benzene rings is 1. The van der Waals surface area contributed by atoms with Crippen molar-refractivity contribution in [1.29, 1.82) is 0 Å². The van der Waals surface area contributed by atoms with Crippen molar-refractivity contribution in [3.63, 3.8) is 0 Å². The second-order valence-corrected chi connectivity index (χ2v) is 7.37. The summed E-state index contributed by atoms with van der Waals surface area (Å²) in [6, 6.07) is 5.47. The van der Waals surface area contributed by atoms with Crippen LogP contribution in [0.1, 0.15) is 32.3 Å². The molecule has 0 aromatic heterocycles. The molecule has 0 bridgehead atoms. The van der Waals surface area contributed by atoms with Crippen LogP contribution in [0.4, 0.5) is 18.0 Å². The first-order chi connectivity index (χ1) is 12.6. The van der Waals surface area contributed by atoms with E-state index in [0.717, 1.165) is 26.1 Å². The minimum Gasteiger partial charge on any atom is -0.405 e. The first-order valence-electron chi connectivity index (χ1n) is 9.21. The van der Waals surface area contributed by atoms with Gasteiger partial charge in [-0.25, -0.2) is 4.79 Å². The van der Waals surface area contributed by atoms with Crippen LogP contribution in [0.5, 0.6) is 5.75 Å². The number of piperidine rings is 1. The monoisotopic (exact) mass is 387 g/mol. The number of nitrogens with one attached hydrogen (secondary N) is 1. The lowest BCUT2D eigenvalue weighted by Crippen LogP contribution is -2.48. The van der Waals surface area contributed by atoms with Crippen LogP contribution in [0.25, 0.3) is 0 Å². The smallest absolute Gasteiger partial charge is 0.405 e. The molecule has 0 saturated carbocycles. The average Bonchev–Trinajstić information content (AvgIpc) is 2.55. The van der Waals surface area contributed by atoms with E-state index in [1.807, 2.05) is 6.92 Å². The Morgan fingerprint density at radius 3 is 2.78 bits per heavy atom. The van der Waals surface area contributed by atoms with Gasteiger partial charge in [-0.15, -0.1) is 13.2 Å². The van der Waals surface area contributed by atoms with Gasteiger partial charge >= 0.3 is 12.4 Å². The number of para-hydroxylation sites is 1. The third-order valence-corrected chi connectivity index (χ3v) is 4.60. The summed E-state index contributed by atoms with van der Waals surface area (Å²) in [5.41, 5.74) is 0.296. The van der Waals surface area contributed by atoms with Gasteiger partial charge in [0.05, 0.1) is 6.54 Å². The van der Waals surface area contributed by atoms with Gasteiger partial charge in [0, 0.05) is 31.7 Å². The number of halogens is 3. The Bertz CT molecular complexity index is 624. The Balaban J connectivity index is 1.88. The van der Waals surface area contributed by atoms with Crippen LogP contribution in [0.15, 0.2) is 24.3 Å². The van der Waals surface area contributed by atoms with E-state index in [2.05, 4.69) is 21.9 Å². The third-order valence-electron chi connectivity index (χ3n) is 4.60. The van der Waals surface area contributed by atoms with Gasteiger partial charge in [-0.1, -0.05) is 25.1 Å². The van der Waals surface area contributed by atoms with E-state index in [0.29, 0.717) is 11.5 Å². The van der Waals surface area contributed by atoms with Gasteiger partial charge in [-0.3, -0.25) is 0 Å². The molecule has 1 saturated heterocycles. The molecule has 0 spiro atoms. The number of alkyl halides is 3. The van der Waals surface area contributed by atoms with Gasteiger partial charge in [0.1, 0.15) is 5.75 Å². The van der Waals surface area contributed by atoms with Crippen LogP contribution in [0.2, 0.25) is 0 Å². The molecule has 1 aromatic rings. The van der Waals surface area contributed by atoms with Crippen LogP contribution in [-0.4, -0.2) is 54.9 Å². The number of carbonyl (C=O) groups is 1. The molecule has 1 aromatic carbocycles. The maximum Gasteiger partial charge on any atom is 0.573 e. The number of hydrogen-bond donors (Lipinski definition) is 1. The fraction of sp³-hybridized carbons (Fsp3) is 0.632. The van der Waals surface area contributed by atoms with Crippen molar-refractivity contribution in [3.8, 4) is 5.75 Å². The maximum atomic E-state index is 12.5. The van der Waals surface area contributed by atoms with Crippen LogP contribution in [-0.2, 0) is 6.54 Å². The second-order valence-electron chi connectivity index (χ2n) is 7.37. The van der Waals surface area contributed by atoms with E-state index >= 15 is 0 Å². The zero-order valence-corrected chi connectivity index (χ0v) is 16.1. The van der Waals surface area contributed by atoms with Crippen molar-refractivity contribution in [2.24, 2.45) is 5.92 Å². The van der Waals surface area contributed by atoms with Crippen LogP contribution >= 0.6 is 0 Å². The molecule has 2 atom stereocenters. The largest absolute Gasteiger partial charge is 0.573 e. The molecule has 1 heterocycles. The van der Waals surface area contributed by atoms with Crippen LogP contribution in [0.3, 0.4) is 0 Å². The van der Waals surface area contributed by atoms with Gasteiger partial charge in [-0.05, 0) is 38.3 Å². The zero-order chi connectivity index (χ0) is 20.0. The first-order valence-corrected chi connectivity index (χ1v) is 9.21. The number of rotatable bonds is 6. The number of urea groups is 1. The summed E-state index contributed by atoms with van der Waals surface area (Å²) in [4.78, 5) is 16.1. The minimum absolute atomic E-state index is 0.0194. The standard InChI is InChI=1S/C19H28F3N3O2/c1-14-7-6-10-25(11-14)12-15(2)23-18(26)24(3)13-16-8-4-5-9-17(16)27-19(20,21)22/h4-5,8-9,14-15H,6-7,10-13H2,1-3H3,(H,23,26)/t14-,15+/m1/s1. The Kier molecular flexibility index (Phi) is 7.35. The summed E-state index contributed by atoms with van der Waals surface area (Å²) < 4.78 is 41.6. The van der Waals surface area contributed by atoms with E-state index in [4.69, 9.17) is 0 Å². The second kappa shape index (κ2) is 9.30.